The lowest BCUT2D eigenvalue weighted by Crippen LogP contribution is -2.31. The van der Waals surface area contributed by atoms with E-state index < -0.39 is 0 Å². The first-order valence-electron chi connectivity index (χ1n) is 7.23. The van der Waals surface area contributed by atoms with Crippen molar-refractivity contribution in [1.29, 1.82) is 0 Å². The molecular formula is C17H24N2S. The van der Waals surface area contributed by atoms with Crippen LogP contribution in [-0.4, -0.2) is 24.5 Å². The molecule has 1 aromatic heterocycles. The molecule has 0 saturated carbocycles. The van der Waals surface area contributed by atoms with Crippen LogP contribution < -0.4 is 5.73 Å². The predicted octanol–water partition coefficient (Wildman–Crippen LogP) is 3.83. The molecule has 0 aliphatic carbocycles. The topological polar surface area (TPSA) is 29.3 Å². The first kappa shape index (κ1) is 15.1. The molecule has 0 saturated heterocycles. The maximum absolute atomic E-state index is 5.98. The molecule has 2 N–H and O–H groups in total. The highest BCUT2D eigenvalue weighted by Crippen LogP contribution is 2.15. The van der Waals surface area contributed by atoms with Crippen LogP contribution in [-0.2, 0) is 12.8 Å². The summed E-state index contributed by atoms with van der Waals surface area (Å²) in [5, 5.41) is 2.15. The number of likely N-dealkylation sites (N-methyl/N-ethyl adjacent to an activating group) is 1. The van der Waals surface area contributed by atoms with Gasteiger partial charge in [0.25, 0.3) is 0 Å². The number of nitrogens with zero attached hydrogens (tertiary/aromatic N) is 1. The largest absolute Gasteiger partial charge is 0.399 e. The maximum Gasteiger partial charge on any atom is 0.0346 e. The van der Waals surface area contributed by atoms with Crippen LogP contribution in [0, 0.1) is 0 Å². The first-order valence-corrected chi connectivity index (χ1v) is 8.11. The third-order valence-corrected chi connectivity index (χ3v) is 4.74. The number of nitrogen functional groups attached to an aromatic ring is 1. The van der Waals surface area contributed by atoms with Gasteiger partial charge in [0, 0.05) is 16.6 Å². The van der Waals surface area contributed by atoms with Crippen molar-refractivity contribution in [2.24, 2.45) is 0 Å². The van der Waals surface area contributed by atoms with E-state index in [1.165, 1.54) is 10.4 Å². The summed E-state index contributed by atoms with van der Waals surface area (Å²) in [6.45, 7) is 3.41. The van der Waals surface area contributed by atoms with Crippen molar-refractivity contribution < 1.29 is 0 Å². The summed E-state index contributed by atoms with van der Waals surface area (Å²) < 4.78 is 0. The van der Waals surface area contributed by atoms with Gasteiger partial charge in [-0.15, -0.1) is 11.3 Å². The van der Waals surface area contributed by atoms with Crippen LogP contribution in [0.3, 0.4) is 0 Å². The Morgan fingerprint density at radius 3 is 2.70 bits per heavy atom. The Kier molecular flexibility index (Phi) is 5.62. The van der Waals surface area contributed by atoms with E-state index in [4.69, 9.17) is 5.73 Å². The average molecular weight is 288 g/mol. The highest BCUT2D eigenvalue weighted by Gasteiger charge is 2.10. The smallest absolute Gasteiger partial charge is 0.0346 e. The van der Waals surface area contributed by atoms with Crippen LogP contribution in [0.1, 0.15) is 23.8 Å². The Hall–Kier alpha value is -1.32. The Morgan fingerprint density at radius 2 is 2.00 bits per heavy atom. The van der Waals surface area contributed by atoms with Crippen LogP contribution in [0.4, 0.5) is 5.69 Å². The van der Waals surface area contributed by atoms with E-state index >= 15 is 0 Å². The summed E-state index contributed by atoms with van der Waals surface area (Å²) in [7, 11) is 2.21. The minimum Gasteiger partial charge on any atom is -0.399 e. The van der Waals surface area contributed by atoms with Crippen molar-refractivity contribution >= 4 is 17.0 Å². The summed E-state index contributed by atoms with van der Waals surface area (Å²) in [5.41, 5.74) is 8.16. The van der Waals surface area contributed by atoms with E-state index in [2.05, 4.69) is 48.5 Å². The number of para-hydroxylation sites is 1. The summed E-state index contributed by atoms with van der Waals surface area (Å²) in [6.07, 6.45) is 3.35. The minimum absolute atomic E-state index is 0.585. The highest BCUT2D eigenvalue weighted by molar-refractivity contribution is 7.09. The zero-order valence-corrected chi connectivity index (χ0v) is 13.2. The van der Waals surface area contributed by atoms with Gasteiger partial charge in [0.05, 0.1) is 0 Å². The van der Waals surface area contributed by atoms with Crippen molar-refractivity contribution in [3.63, 3.8) is 0 Å². The molecule has 2 nitrogen and oxygen atoms in total. The molecular weight excluding hydrogens is 264 g/mol. The van der Waals surface area contributed by atoms with Gasteiger partial charge in [0.15, 0.2) is 0 Å². The molecule has 1 unspecified atom stereocenters. The molecule has 1 heterocycles. The van der Waals surface area contributed by atoms with Crippen LogP contribution >= 0.6 is 11.3 Å². The van der Waals surface area contributed by atoms with Crippen molar-refractivity contribution in [2.45, 2.75) is 32.2 Å². The van der Waals surface area contributed by atoms with Gasteiger partial charge in [-0.25, -0.2) is 0 Å². The van der Waals surface area contributed by atoms with Gasteiger partial charge in [-0.2, -0.15) is 0 Å². The molecule has 0 fully saturated rings. The molecule has 0 amide bonds. The predicted molar refractivity (Wildman–Crippen MR) is 89.3 cm³/mol. The summed E-state index contributed by atoms with van der Waals surface area (Å²) in [4.78, 5) is 3.91. The molecule has 0 radical (unpaired) electrons. The fourth-order valence-corrected chi connectivity index (χ4v) is 3.20. The molecule has 1 atom stereocenters. The first-order chi connectivity index (χ1) is 9.66. The van der Waals surface area contributed by atoms with E-state index in [1.54, 1.807) is 0 Å². The fourth-order valence-electron chi connectivity index (χ4n) is 2.38. The van der Waals surface area contributed by atoms with E-state index in [9.17, 15) is 0 Å². The van der Waals surface area contributed by atoms with Crippen LogP contribution in [0.15, 0.2) is 41.8 Å². The Balaban J connectivity index is 1.74. The minimum atomic E-state index is 0.585. The number of benzene rings is 1. The third kappa shape index (κ3) is 4.36. The second-order valence-electron chi connectivity index (χ2n) is 5.42. The quantitative estimate of drug-likeness (QED) is 0.785. The molecule has 2 aromatic rings. The zero-order valence-electron chi connectivity index (χ0n) is 12.4. The SMILES string of the molecule is CC(Cc1cccs1)N(C)CCCc1ccccc1N. The van der Waals surface area contributed by atoms with Gasteiger partial charge in [-0.3, -0.25) is 0 Å². The lowest BCUT2D eigenvalue weighted by Gasteiger charge is -2.24. The summed E-state index contributed by atoms with van der Waals surface area (Å²) >= 11 is 1.85. The maximum atomic E-state index is 5.98. The van der Waals surface area contributed by atoms with Gasteiger partial charge in [0.2, 0.25) is 0 Å². The highest BCUT2D eigenvalue weighted by atomic mass is 32.1. The Bertz CT molecular complexity index is 507. The number of hydrogen-bond donors (Lipinski definition) is 1. The van der Waals surface area contributed by atoms with Gasteiger partial charge in [0.1, 0.15) is 0 Å². The van der Waals surface area contributed by atoms with Gasteiger partial charge >= 0.3 is 0 Å². The fraction of sp³-hybridized carbons (Fsp3) is 0.412. The molecule has 108 valence electrons. The van der Waals surface area contributed by atoms with Gasteiger partial charge in [-0.05, 0) is 62.9 Å². The average Bonchev–Trinajstić information content (AvgIpc) is 2.93. The van der Waals surface area contributed by atoms with Crippen molar-refractivity contribution in [3.05, 3.63) is 52.2 Å². The molecule has 0 aliphatic rings. The van der Waals surface area contributed by atoms with Crippen LogP contribution in [0.2, 0.25) is 0 Å². The van der Waals surface area contributed by atoms with E-state index in [-0.39, 0.29) is 0 Å². The normalized spacial score (nSPS) is 12.8. The van der Waals surface area contributed by atoms with Gasteiger partial charge < -0.3 is 10.6 Å². The van der Waals surface area contributed by atoms with Gasteiger partial charge in [-0.1, -0.05) is 24.3 Å². The number of anilines is 1. The van der Waals surface area contributed by atoms with Crippen LogP contribution in [0.5, 0.6) is 0 Å². The standard InChI is InChI=1S/C17H24N2S/c1-14(13-16-9-6-12-20-16)19(2)11-5-8-15-7-3-4-10-17(15)18/h3-4,6-7,9-10,12,14H,5,8,11,13,18H2,1-2H3. The molecule has 20 heavy (non-hydrogen) atoms. The second kappa shape index (κ2) is 7.46. The second-order valence-corrected chi connectivity index (χ2v) is 6.45. The Labute approximate surface area is 126 Å². The van der Waals surface area contributed by atoms with E-state index in [0.29, 0.717) is 6.04 Å². The van der Waals surface area contributed by atoms with Crippen LogP contribution in [0.25, 0.3) is 0 Å². The number of nitrogens with two attached hydrogens (primary N) is 1. The van der Waals surface area contributed by atoms with Crippen molar-refractivity contribution in [1.82, 2.24) is 4.90 Å². The molecule has 3 heteroatoms. The zero-order chi connectivity index (χ0) is 14.4. The molecule has 1 aromatic carbocycles. The van der Waals surface area contributed by atoms with Crippen molar-refractivity contribution in [2.75, 3.05) is 19.3 Å². The van der Waals surface area contributed by atoms with E-state index in [1.807, 2.05) is 23.5 Å². The number of hydrogen-bond acceptors (Lipinski definition) is 3. The monoisotopic (exact) mass is 288 g/mol. The summed E-state index contributed by atoms with van der Waals surface area (Å²) in [6, 6.07) is 13.1. The number of thiophene rings is 1. The molecule has 0 aliphatic heterocycles. The lowest BCUT2D eigenvalue weighted by atomic mass is 10.1. The van der Waals surface area contributed by atoms with E-state index in [0.717, 1.165) is 31.5 Å². The summed E-state index contributed by atoms with van der Waals surface area (Å²) in [5.74, 6) is 0. The lowest BCUT2D eigenvalue weighted by molar-refractivity contribution is 0.254. The number of aryl methyl sites for hydroxylation is 1. The van der Waals surface area contributed by atoms with Crippen molar-refractivity contribution in [3.8, 4) is 0 Å². The molecule has 0 spiro atoms. The number of rotatable bonds is 7. The third-order valence-electron chi connectivity index (χ3n) is 3.84. The molecule has 0 bridgehead atoms. The molecule has 2 rings (SSSR count). The Morgan fingerprint density at radius 1 is 1.20 bits per heavy atom.